The van der Waals surface area contributed by atoms with Crippen LogP contribution >= 0.6 is 0 Å². The van der Waals surface area contributed by atoms with E-state index in [-0.39, 0.29) is 10.6 Å². The summed E-state index contributed by atoms with van der Waals surface area (Å²) in [6.45, 7) is 0. The number of hydrogen-bond donors (Lipinski definition) is 2. The lowest BCUT2D eigenvalue weighted by Gasteiger charge is -2.28. The van der Waals surface area contributed by atoms with Crippen molar-refractivity contribution in [3.05, 3.63) is 64.2 Å². The molecular weight excluding hydrogens is 294 g/mol. The fourth-order valence-electron chi connectivity index (χ4n) is 2.19. The van der Waals surface area contributed by atoms with E-state index in [9.17, 15) is 18.5 Å². The molecule has 1 heterocycles. The third-order valence-electron chi connectivity index (χ3n) is 3.16. The van der Waals surface area contributed by atoms with Crippen molar-refractivity contribution in [2.24, 2.45) is 0 Å². The Kier molecular flexibility index (Phi) is 3.11. The number of nitro benzene ring substituents is 1. The maximum Gasteiger partial charge on any atom is 0.269 e. The molecule has 7 nitrogen and oxygen atoms in total. The molecule has 0 aliphatic carbocycles. The minimum atomic E-state index is -3.65. The average Bonchev–Trinajstić information content (AvgIpc) is 2.46. The molecule has 0 saturated carbocycles. The van der Waals surface area contributed by atoms with Crippen LogP contribution in [0.4, 0.5) is 11.4 Å². The normalized spacial score (nSPS) is 19.3. The summed E-state index contributed by atoms with van der Waals surface area (Å²) in [5.74, 6) is 0. The predicted octanol–water partition coefficient (Wildman–Crippen LogP) is 2.00. The van der Waals surface area contributed by atoms with E-state index < -0.39 is 21.1 Å². The van der Waals surface area contributed by atoms with Gasteiger partial charge in [-0.1, -0.05) is 24.3 Å². The van der Waals surface area contributed by atoms with Gasteiger partial charge in [0.05, 0.1) is 10.6 Å². The van der Waals surface area contributed by atoms with E-state index in [1.807, 2.05) is 0 Å². The first kappa shape index (κ1) is 13.5. The van der Waals surface area contributed by atoms with Crippen LogP contribution in [0, 0.1) is 10.1 Å². The number of hydrogen-bond acceptors (Lipinski definition) is 5. The van der Waals surface area contributed by atoms with Gasteiger partial charge in [-0.2, -0.15) is 4.72 Å². The van der Waals surface area contributed by atoms with Crippen molar-refractivity contribution in [2.45, 2.75) is 11.1 Å². The highest BCUT2D eigenvalue weighted by Crippen LogP contribution is 2.31. The minimum Gasteiger partial charge on any atom is -0.364 e. The number of nitrogens with one attached hydrogen (secondary N) is 2. The third-order valence-corrected chi connectivity index (χ3v) is 4.64. The molecule has 0 saturated heterocycles. The smallest absolute Gasteiger partial charge is 0.269 e. The molecule has 108 valence electrons. The summed E-state index contributed by atoms with van der Waals surface area (Å²) in [6, 6.07) is 12.3. The predicted molar refractivity (Wildman–Crippen MR) is 76.2 cm³/mol. The Morgan fingerprint density at radius 2 is 1.86 bits per heavy atom. The summed E-state index contributed by atoms with van der Waals surface area (Å²) in [6.07, 6.45) is -0.746. The molecule has 0 amide bonds. The topological polar surface area (TPSA) is 101 Å². The second kappa shape index (κ2) is 4.83. The Hall–Kier alpha value is -2.45. The molecule has 2 aromatic carbocycles. The van der Waals surface area contributed by atoms with Gasteiger partial charge >= 0.3 is 0 Å². The van der Waals surface area contributed by atoms with E-state index >= 15 is 0 Å². The van der Waals surface area contributed by atoms with Crippen LogP contribution in [-0.2, 0) is 10.0 Å². The van der Waals surface area contributed by atoms with Gasteiger partial charge in [0.25, 0.3) is 5.69 Å². The van der Waals surface area contributed by atoms with Gasteiger partial charge in [-0.25, -0.2) is 8.42 Å². The van der Waals surface area contributed by atoms with E-state index in [0.717, 1.165) is 0 Å². The van der Waals surface area contributed by atoms with Crippen molar-refractivity contribution >= 4 is 21.4 Å². The summed E-state index contributed by atoms with van der Waals surface area (Å²) in [7, 11) is -3.65. The highest BCUT2D eigenvalue weighted by molar-refractivity contribution is 7.89. The van der Waals surface area contributed by atoms with Crippen LogP contribution in [0.5, 0.6) is 0 Å². The maximum absolute atomic E-state index is 12.2. The minimum absolute atomic E-state index is 0.0904. The van der Waals surface area contributed by atoms with E-state index in [4.69, 9.17) is 0 Å². The van der Waals surface area contributed by atoms with Crippen LogP contribution in [0.1, 0.15) is 11.7 Å². The van der Waals surface area contributed by atoms with Crippen LogP contribution in [0.2, 0.25) is 0 Å². The standard InChI is InChI=1S/C13H11N3O4S/c17-16(18)10-5-3-4-9(8-10)13-14-11-6-1-2-7-12(11)21(19,20)15-13/h1-8,13-15H. The van der Waals surface area contributed by atoms with Gasteiger partial charge < -0.3 is 5.32 Å². The zero-order valence-electron chi connectivity index (χ0n) is 10.7. The number of anilines is 1. The van der Waals surface area contributed by atoms with Crippen LogP contribution in [0.15, 0.2) is 53.4 Å². The van der Waals surface area contributed by atoms with E-state index in [2.05, 4.69) is 10.0 Å². The van der Waals surface area contributed by atoms with Crippen molar-refractivity contribution < 1.29 is 13.3 Å². The second-order valence-corrected chi connectivity index (χ2v) is 6.23. The zero-order chi connectivity index (χ0) is 15.0. The van der Waals surface area contributed by atoms with E-state index in [0.29, 0.717) is 11.3 Å². The lowest BCUT2D eigenvalue weighted by molar-refractivity contribution is -0.384. The largest absolute Gasteiger partial charge is 0.364 e. The fourth-order valence-corrected chi connectivity index (χ4v) is 3.50. The number of nitro groups is 1. The molecule has 1 aliphatic rings. The summed E-state index contributed by atoms with van der Waals surface area (Å²) in [5, 5.41) is 13.8. The molecule has 2 N–H and O–H groups in total. The zero-order valence-corrected chi connectivity index (χ0v) is 11.5. The fraction of sp³-hybridized carbons (Fsp3) is 0.0769. The first-order valence-corrected chi connectivity index (χ1v) is 7.58. The van der Waals surface area contributed by atoms with Gasteiger partial charge in [-0.15, -0.1) is 0 Å². The Balaban J connectivity index is 2.03. The third kappa shape index (κ3) is 2.46. The number of fused-ring (bicyclic) bond motifs is 1. The molecule has 0 spiro atoms. The number of rotatable bonds is 2. The molecule has 0 aromatic heterocycles. The van der Waals surface area contributed by atoms with Crippen LogP contribution in [-0.4, -0.2) is 13.3 Å². The number of sulfonamides is 1. The summed E-state index contributed by atoms with van der Waals surface area (Å²) >= 11 is 0. The van der Waals surface area contributed by atoms with Gasteiger partial charge in [0.15, 0.2) is 0 Å². The molecule has 2 aromatic rings. The maximum atomic E-state index is 12.2. The van der Waals surface area contributed by atoms with Gasteiger partial charge in [-0.05, 0) is 17.7 Å². The number of non-ortho nitro benzene ring substituents is 1. The Labute approximate surface area is 120 Å². The molecule has 3 rings (SSSR count). The van der Waals surface area contributed by atoms with Gasteiger partial charge in [0.1, 0.15) is 11.1 Å². The highest BCUT2D eigenvalue weighted by Gasteiger charge is 2.30. The number of benzene rings is 2. The van der Waals surface area contributed by atoms with Crippen molar-refractivity contribution in [2.75, 3.05) is 5.32 Å². The highest BCUT2D eigenvalue weighted by atomic mass is 32.2. The Bertz CT molecular complexity index is 820. The Morgan fingerprint density at radius 3 is 2.62 bits per heavy atom. The van der Waals surface area contributed by atoms with Crippen molar-refractivity contribution in [3.63, 3.8) is 0 Å². The first-order valence-electron chi connectivity index (χ1n) is 6.10. The average molecular weight is 305 g/mol. The van der Waals surface area contributed by atoms with Gasteiger partial charge in [-0.3, -0.25) is 10.1 Å². The van der Waals surface area contributed by atoms with Crippen LogP contribution in [0.3, 0.4) is 0 Å². The quantitative estimate of drug-likeness (QED) is 0.652. The van der Waals surface area contributed by atoms with Crippen molar-refractivity contribution in [1.82, 2.24) is 4.72 Å². The molecule has 1 unspecified atom stereocenters. The lowest BCUT2D eigenvalue weighted by atomic mass is 10.1. The monoisotopic (exact) mass is 305 g/mol. The molecule has 1 atom stereocenters. The van der Waals surface area contributed by atoms with Crippen molar-refractivity contribution in [3.8, 4) is 0 Å². The number of nitrogens with zero attached hydrogens (tertiary/aromatic N) is 1. The Morgan fingerprint density at radius 1 is 1.10 bits per heavy atom. The lowest BCUT2D eigenvalue weighted by Crippen LogP contribution is -2.38. The summed E-state index contributed by atoms with van der Waals surface area (Å²) in [5.41, 5.74) is 0.849. The van der Waals surface area contributed by atoms with E-state index in [1.54, 1.807) is 24.3 Å². The molecule has 21 heavy (non-hydrogen) atoms. The molecule has 8 heteroatoms. The first-order chi connectivity index (χ1) is 9.97. The second-order valence-electron chi connectivity index (χ2n) is 4.55. The molecule has 1 aliphatic heterocycles. The molecule has 0 radical (unpaired) electrons. The molecule has 0 bridgehead atoms. The molecule has 0 fully saturated rings. The van der Waals surface area contributed by atoms with Crippen molar-refractivity contribution in [1.29, 1.82) is 0 Å². The summed E-state index contributed by atoms with van der Waals surface area (Å²) < 4.78 is 26.9. The molecular formula is C13H11N3O4S. The SMILES string of the molecule is O=[N+]([O-])c1cccc(C2Nc3ccccc3S(=O)(=O)N2)c1. The van der Waals surface area contributed by atoms with E-state index in [1.165, 1.54) is 24.3 Å². The number of para-hydroxylation sites is 1. The van der Waals surface area contributed by atoms with Gasteiger partial charge in [0.2, 0.25) is 10.0 Å². The summed E-state index contributed by atoms with van der Waals surface area (Å²) in [4.78, 5) is 10.4. The van der Waals surface area contributed by atoms with Gasteiger partial charge in [0, 0.05) is 12.1 Å². The van der Waals surface area contributed by atoms with Crippen LogP contribution < -0.4 is 10.0 Å². The van der Waals surface area contributed by atoms with Crippen LogP contribution in [0.25, 0.3) is 0 Å².